The summed E-state index contributed by atoms with van der Waals surface area (Å²) in [5.41, 5.74) is 0.918. The van der Waals surface area contributed by atoms with Crippen LogP contribution in [-0.4, -0.2) is 33.5 Å². The minimum atomic E-state index is -3.93. The van der Waals surface area contributed by atoms with Crippen LogP contribution in [0.3, 0.4) is 0 Å². The lowest BCUT2D eigenvalue weighted by atomic mass is 10.2. The van der Waals surface area contributed by atoms with E-state index in [2.05, 4.69) is 15.0 Å². The zero-order valence-corrected chi connectivity index (χ0v) is 18.0. The molecule has 1 aromatic heterocycles. The number of nitrogens with one attached hydrogen (secondary N) is 2. The maximum absolute atomic E-state index is 12.9. The van der Waals surface area contributed by atoms with E-state index in [-0.39, 0.29) is 22.5 Å². The Hall–Kier alpha value is -2.85. The van der Waals surface area contributed by atoms with Crippen LogP contribution in [0.15, 0.2) is 41.3 Å². The molecule has 29 heavy (non-hydrogen) atoms. The van der Waals surface area contributed by atoms with Crippen molar-refractivity contribution >= 4 is 48.3 Å². The number of anilines is 2. The SMILES string of the molecule is COc1ccc(OC)c(S(=O)(=O)Nc2ccc3sc(NC(=O)C(C)C)nc3c2)c1. The van der Waals surface area contributed by atoms with Gasteiger partial charge in [0.25, 0.3) is 10.0 Å². The van der Waals surface area contributed by atoms with Crippen LogP contribution in [0, 0.1) is 5.92 Å². The number of sulfonamides is 1. The monoisotopic (exact) mass is 435 g/mol. The number of amides is 1. The molecule has 10 heteroatoms. The number of carbonyl (C=O) groups excluding carboxylic acids is 1. The summed E-state index contributed by atoms with van der Waals surface area (Å²) in [6.45, 7) is 3.59. The standard InChI is InChI=1S/C19H21N3O5S2/c1-11(2)18(23)21-19-20-14-9-12(5-8-16(14)28-19)22-29(24,25)17-10-13(26-3)6-7-15(17)27-4/h5-11,22H,1-4H3,(H,20,21,23). The summed E-state index contributed by atoms with van der Waals surface area (Å²) in [7, 11) is -1.08. The number of hydrogen-bond donors (Lipinski definition) is 2. The normalized spacial score (nSPS) is 11.5. The van der Waals surface area contributed by atoms with Crippen LogP contribution >= 0.6 is 11.3 Å². The number of hydrogen-bond acceptors (Lipinski definition) is 7. The first-order valence-electron chi connectivity index (χ1n) is 8.70. The summed E-state index contributed by atoms with van der Waals surface area (Å²) in [5, 5.41) is 3.22. The van der Waals surface area contributed by atoms with Gasteiger partial charge in [0.2, 0.25) is 5.91 Å². The van der Waals surface area contributed by atoms with Crippen LogP contribution in [-0.2, 0) is 14.8 Å². The minimum Gasteiger partial charge on any atom is -0.497 e. The molecule has 154 valence electrons. The Labute approximate surface area is 172 Å². The Balaban J connectivity index is 1.90. The average Bonchev–Trinajstić information content (AvgIpc) is 3.08. The predicted octanol–water partition coefficient (Wildman–Crippen LogP) is 3.71. The van der Waals surface area contributed by atoms with Crippen LogP contribution in [0.5, 0.6) is 11.5 Å². The molecule has 0 aliphatic heterocycles. The van der Waals surface area contributed by atoms with Gasteiger partial charge in [-0.3, -0.25) is 9.52 Å². The van der Waals surface area contributed by atoms with Gasteiger partial charge in [0.1, 0.15) is 16.4 Å². The van der Waals surface area contributed by atoms with E-state index in [4.69, 9.17) is 9.47 Å². The lowest BCUT2D eigenvalue weighted by Crippen LogP contribution is -2.17. The number of thiazole rings is 1. The van der Waals surface area contributed by atoms with Gasteiger partial charge in [-0.15, -0.1) is 0 Å². The molecule has 0 aliphatic carbocycles. The zero-order valence-electron chi connectivity index (χ0n) is 16.3. The van der Waals surface area contributed by atoms with Crippen LogP contribution in [0.4, 0.5) is 10.8 Å². The third kappa shape index (κ3) is 4.60. The van der Waals surface area contributed by atoms with E-state index in [9.17, 15) is 13.2 Å². The summed E-state index contributed by atoms with van der Waals surface area (Å²) < 4.78 is 39.4. The first kappa shape index (κ1) is 20.9. The van der Waals surface area contributed by atoms with Crippen LogP contribution in [0.1, 0.15) is 13.8 Å². The molecule has 3 rings (SSSR count). The van der Waals surface area contributed by atoms with Crippen molar-refractivity contribution < 1.29 is 22.7 Å². The summed E-state index contributed by atoms with van der Waals surface area (Å²) >= 11 is 1.32. The fourth-order valence-electron chi connectivity index (χ4n) is 2.50. The molecule has 0 saturated heterocycles. The first-order valence-corrected chi connectivity index (χ1v) is 11.0. The zero-order chi connectivity index (χ0) is 21.2. The highest BCUT2D eigenvalue weighted by atomic mass is 32.2. The van der Waals surface area contributed by atoms with E-state index in [0.29, 0.717) is 22.1 Å². The fourth-order valence-corrected chi connectivity index (χ4v) is 4.58. The lowest BCUT2D eigenvalue weighted by Gasteiger charge is -2.12. The quantitative estimate of drug-likeness (QED) is 0.586. The highest BCUT2D eigenvalue weighted by Gasteiger charge is 2.21. The van der Waals surface area contributed by atoms with E-state index < -0.39 is 10.0 Å². The molecule has 2 aromatic carbocycles. The lowest BCUT2D eigenvalue weighted by molar-refractivity contribution is -0.118. The maximum Gasteiger partial charge on any atom is 0.265 e. The number of aromatic nitrogens is 1. The number of carbonyl (C=O) groups is 1. The highest BCUT2D eigenvalue weighted by Crippen LogP contribution is 2.32. The molecule has 3 aromatic rings. The Morgan fingerprint density at radius 1 is 1.10 bits per heavy atom. The molecule has 2 N–H and O–H groups in total. The van der Waals surface area contributed by atoms with Crippen LogP contribution in [0.25, 0.3) is 10.2 Å². The van der Waals surface area contributed by atoms with Gasteiger partial charge in [-0.2, -0.15) is 0 Å². The Morgan fingerprint density at radius 3 is 2.52 bits per heavy atom. The van der Waals surface area contributed by atoms with Gasteiger partial charge < -0.3 is 14.8 Å². The second-order valence-electron chi connectivity index (χ2n) is 6.47. The number of methoxy groups -OCH3 is 2. The van der Waals surface area contributed by atoms with E-state index in [0.717, 1.165) is 4.70 Å². The molecule has 1 heterocycles. The summed E-state index contributed by atoms with van der Waals surface area (Å²) in [6.07, 6.45) is 0. The van der Waals surface area contributed by atoms with Crippen molar-refractivity contribution in [2.45, 2.75) is 18.7 Å². The van der Waals surface area contributed by atoms with Crippen molar-refractivity contribution in [2.75, 3.05) is 24.3 Å². The van der Waals surface area contributed by atoms with E-state index in [1.54, 1.807) is 38.1 Å². The molecule has 0 bridgehead atoms. The molecule has 0 aliphatic rings. The number of fused-ring (bicyclic) bond motifs is 1. The van der Waals surface area contributed by atoms with Gasteiger partial charge in [0.05, 0.1) is 30.1 Å². The van der Waals surface area contributed by atoms with Gasteiger partial charge in [-0.1, -0.05) is 25.2 Å². The van der Waals surface area contributed by atoms with E-state index >= 15 is 0 Å². The molecular formula is C19H21N3O5S2. The van der Waals surface area contributed by atoms with Crippen molar-refractivity contribution in [3.05, 3.63) is 36.4 Å². The molecule has 1 amide bonds. The molecule has 0 atom stereocenters. The highest BCUT2D eigenvalue weighted by molar-refractivity contribution is 7.92. The minimum absolute atomic E-state index is 0.0392. The first-order chi connectivity index (χ1) is 13.7. The van der Waals surface area contributed by atoms with Gasteiger partial charge >= 0.3 is 0 Å². The van der Waals surface area contributed by atoms with Crippen LogP contribution in [0.2, 0.25) is 0 Å². The van der Waals surface area contributed by atoms with Gasteiger partial charge in [-0.25, -0.2) is 13.4 Å². The topological polar surface area (TPSA) is 107 Å². The van der Waals surface area contributed by atoms with Crippen molar-refractivity contribution in [3.8, 4) is 11.5 Å². The summed E-state index contributed by atoms with van der Waals surface area (Å²) in [5.74, 6) is 0.302. The average molecular weight is 436 g/mol. The van der Waals surface area contributed by atoms with Gasteiger partial charge in [0.15, 0.2) is 5.13 Å². The number of benzene rings is 2. The molecular weight excluding hydrogens is 414 g/mol. The number of rotatable bonds is 7. The Bertz CT molecular complexity index is 1160. The maximum atomic E-state index is 12.9. The number of ether oxygens (including phenoxy) is 2. The van der Waals surface area contributed by atoms with Crippen molar-refractivity contribution in [3.63, 3.8) is 0 Å². The summed E-state index contributed by atoms with van der Waals surface area (Å²) in [4.78, 5) is 16.2. The third-order valence-electron chi connectivity index (χ3n) is 4.05. The smallest absolute Gasteiger partial charge is 0.265 e. The van der Waals surface area contributed by atoms with Crippen molar-refractivity contribution in [1.29, 1.82) is 0 Å². The van der Waals surface area contributed by atoms with Gasteiger partial charge in [-0.05, 0) is 30.3 Å². The second-order valence-corrected chi connectivity index (χ2v) is 9.15. The summed E-state index contributed by atoms with van der Waals surface area (Å²) in [6, 6.07) is 9.54. The molecule has 0 radical (unpaired) electrons. The predicted molar refractivity (Wildman–Crippen MR) is 113 cm³/mol. The molecule has 0 fully saturated rings. The fraction of sp³-hybridized carbons (Fsp3) is 0.263. The van der Waals surface area contributed by atoms with E-state index in [1.165, 1.54) is 37.7 Å². The Kier molecular flexibility index (Phi) is 5.94. The van der Waals surface area contributed by atoms with E-state index in [1.807, 2.05) is 0 Å². The van der Waals surface area contributed by atoms with Crippen LogP contribution < -0.4 is 19.5 Å². The molecule has 0 unspecified atom stereocenters. The van der Waals surface area contributed by atoms with Crippen molar-refractivity contribution in [1.82, 2.24) is 4.98 Å². The molecule has 8 nitrogen and oxygen atoms in total. The largest absolute Gasteiger partial charge is 0.497 e. The third-order valence-corrected chi connectivity index (χ3v) is 6.41. The molecule has 0 spiro atoms. The second kappa shape index (κ2) is 8.26. The number of nitrogens with zero attached hydrogens (tertiary/aromatic N) is 1. The Morgan fingerprint density at radius 2 is 1.86 bits per heavy atom. The van der Waals surface area contributed by atoms with Crippen molar-refractivity contribution in [2.24, 2.45) is 5.92 Å². The van der Waals surface area contributed by atoms with Gasteiger partial charge in [0, 0.05) is 12.0 Å². The molecule has 0 saturated carbocycles.